The zero-order chi connectivity index (χ0) is 14.7. The number of hydrogen-bond donors (Lipinski definition) is 1. The Kier molecular flexibility index (Phi) is 4.78. The van der Waals surface area contributed by atoms with Gasteiger partial charge in [0.2, 0.25) is 0 Å². The van der Waals surface area contributed by atoms with Crippen molar-refractivity contribution < 1.29 is 4.79 Å². The number of hydrogen-bond acceptors (Lipinski definition) is 4. The van der Waals surface area contributed by atoms with Crippen LogP contribution in [0.2, 0.25) is 0 Å². The van der Waals surface area contributed by atoms with Crippen LogP contribution in [0, 0.1) is 5.92 Å². The van der Waals surface area contributed by atoms with Crippen LogP contribution >= 0.6 is 0 Å². The van der Waals surface area contributed by atoms with Crippen LogP contribution in [-0.4, -0.2) is 50.5 Å². The number of carbonyl (C=O) groups is 1. The lowest BCUT2D eigenvalue weighted by Gasteiger charge is -2.21. The predicted octanol–water partition coefficient (Wildman–Crippen LogP) is 1.60. The van der Waals surface area contributed by atoms with Gasteiger partial charge in [-0.05, 0) is 45.5 Å². The smallest absolute Gasteiger partial charge is 0.179 e. The number of anilines is 1. The summed E-state index contributed by atoms with van der Waals surface area (Å²) in [5.74, 6) is 0.716. The van der Waals surface area contributed by atoms with Crippen molar-refractivity contribution in [1.82, 2.24) is 4.90 Å². The number of nitrogens with zero attached hydrogens (tertiary/aromatic N) is 2. The van der Waals surface area contributed by atoms with E-state index in [2.05, 4.69) is 30.0 Å². The maximum absolute atomic E-state index is 12.0. The summed E-state index contributed by atoms with van der Waals surface area (Å²) in [6, 6.07) is 7.41. The van der Waals surface area contributed by atoms with Crippen molar-refractivity contribution in [2.45, 2.75) is 19.4 Å². The second-order valence-electron chi connectivity index (χ2n) is 6.07. The third-order valence-corrected chi connectivity index (χ3v) is 3.82. The molecule has 1 heterocycles. The fraction of sp³-hybridized carbons (Fsp3) is 0.562. The molecular weight excluding hydrogens is 250 g/mol. The summed E-state index contributed by atoms with van der Waals surface area (Å²) in [7, 11) is 4.23. The average Bonchev–Trinajstić information content (AvgIpc) is 2.85. The van der Waals surface area contributed by atoms with E-state index in [0.29, 0.717) is 11.5 Å². The summed E-state index contributed by atoms with van der Waals surface area (Å²) in [6.45, 7) is 4.98. The molecule has 1 saturated heterocycles. The zero-order valence-corrected chi connectivity index (χ0v) is 12.7. The van der Waals surface area contributed by atoms with Gasteiger partial charge >= 0.3 is 0 Å². The first kappa shape index (κ1) is 15.0. The molecule has 0 bridgehead atoms. The molecule has 110 valence electrons. The monoisotopic (exact) mass is 275 g/mol. The number of carbonyl (C=O) groups excluding carboxylic acids is 1. The van der Waals surface area contributed by atoms with E-state index in [1.165, 1.54) is 6.42 Å². The third kappa shape index (κ3) is 3.58. The number of Topliss-reactive ketones (excluding diaryl/α,β-unsaturated/α-hetero) is 1. The van der Waals surface area contributed by atoms with Gasteiger partial charge in [0.15, 0.2) is 5.78 Å². The van der Waals surface area contributed by atoms with Crippen LogP contribution in [0.15, 0.2) is 24.3 Å². The van der Waals surface area contributed by atoms with Crippen molar-refractivity contribution in [1.29, 1.82) is 0 Å². The van der Waals surface area contributed by atoms with Gasteiger partial charge in [-0.2, -0.15) is 0 Å². The van der Waals surface area contributed by atoms with E-state index in [4.69, 9.17) is 5.73 Å². The second kappa shape index (κ2) is 6.37. The van der Waals surface area contributed by atoms with Gasteiger partial charge < -0.3 is 15.5 Å². The van der Waals surface area contributed by atoms with E-state index >= 15 is 0 Å². The number of rotatable bonds is 5. The van der Waals surface area contributed by atoms with Crippen LogP contribution < -0.4 is 10.6 Å². The molecule has 1 aliphatic heterocycles. The Balaban J connectivity index is 2.07. The Morgan fingerprint density at radius 3 is 2.90 bits per heavy atom. The molecule has 2 N–H and O–H groups in total. The van der Waals surface area contributed by atoms with Crippen LogP contribution in [0.25, 0.3) is 0 Å². The molecule has 2 rings (SSSR count). The Morgan fingerprint density at radius 1 is 1.50 bits per heavy atom. The lowest BCUT2D eigenvalue weighted by Crippen LogP contribution is -2.27. The van der Waals surface area contributed by atoms with E-state index in [-0.39, 0.29) is 5.78 Å². The maximum Gasteiger partial charge on any atom is 0.179 e. The number of nitrogens with two attached hydrogens (primary N) is 1. The highest BCUT2D eigenvalue weighted by molar-refractivity contribution is 6.00. The fourth-order valence-corrected chi connectivity index (χ4v) is 2.85. The first-order valence-corrected chi connectivity index (χ1v) is 7.27. The molecule has 0 radical (unpaired) electrons. The Labute approximate surface area is 121 Å². The SMILES string of the molecule is CC(N)C(=O)c1cccc(N2CCC(CN(C)C)C2)c1. The van der Waals surface area contributed by atoms with Gasteiger partial charge in [-0.15, -0.1) is 0 Å². The summed E-state index contributed by atoms with van der Waals surface area (Å²) in [6.07, 6.45) is 1.21. The van der Waals surface area contributed by atoms with Gasteiger partial charge in [0.25, 0.3) is 0 Å². The first-order chi connectivity index (χ1) is 9.47. The molecule has 0 aromatic heterocycles. The topological polar surface area (TPSA) is 49.6 Å². The maximum atomic E-state index is 12.0. The minimum absolute atomic E-state index is 0.0101. The van der Waals surface area contributed by atoms with Gasteiger partial charge in [-0.3, -0.25) is 4.79 Å². The number of ketones is 1. The minimum atomic E-state index is -0.440. The molecule has 1 fully saturated rings. The van der Waals surface area contributed by atoms with Crippen LogP contribution in [0.5, 0.6) is 0 Å². The van der Waals surface area contributed by atoms with Crippen LogP contribution in [-0.2, 0) is 0 Å². The van der Waals surface area contributed by atoms with Crippen LogP contribution in [0.1, 0.15) is 23.7 Å². The molecule has 20 heavy (non-hydrogen) atoms. The van der Waals surface area contributed by atoms with Crippen molar-refractivity contribution in [3.05, 3.63) is 29.8 Å². The van der Waals surface area contributed by atoms with Gasteiger partial charge in [0.1, 0.15) is 0 Å². The molecule has 1 aromatic carbocycles. The van der Waals surface area contributed by atoms with Gasteiger partial charge in [-0.1, -0.05) is 12.1 Å². The van der Waals surface area contributed by atoms with Gasteiger partial charge in [0, 0.05) is 30.9 Å². The highest BCUT2D eigenvalue weighted by Gasteiger charge is 2.23. The fourth-order valence-electron chi connectivity index (χ4n) is 2.85. The molecule has 0 aliphatic carbocycles. The molecule has 2 unspecified atom stereocenters. The van der Waals surface area contributed by atoms with E-state index in [0.717, 1.165) is 25.3 Å². The van der Waals surface area contributed by atoms with Gasteiger partial charge in [-0.25, -0.2) is 0 Å². The lowest BCUT2D eigenvalue weighted by molar-refractivity contribution is 0.0968. The van der Waals surface area contributed by atoms with Crippen molar-refractivity contribution in [2.24, 2.45) is 11.7 Å². The summed E-state index contributed by atoms with van der Waals surface area (Å²) in [4.78, 5) is 16.6. The van der Waals surface area contributed by atoms with E-state index in [1.54, 1.807) is 6.92 Å². The minimum Gasteiger partial charge on any atom is -0.371 e. The van der Waals surface area contributed by atoms with E-state index in [9.17, 15) is 4.79 Å². The summed E-state index contributed by atoms with van der Waals surface area (Å²) < 4.78 is 0. The van der Waals surface area contributed by atoms with Crippen LogP contribution in [0.4, 0.5) is 5.69 Å². The molecule has 0 saturated carbocycles. The Bertz CT molecular complexity index is 471. The molecular formula is C16H25N3O. The molecule has 1 aliphatic rings. The van der Waals surface area contributed by atoms with E-state index in [1.807, 2.05) is 18.2 Å². The number of benzene rings is 1. The molecule has 2 atom stereocenters. The Hall–Kier alpha value is -1.39. The molecule has 4 heteroatoms. The quantitative estimate of drug-likeness (QED) is 0.829. The molecule has 0 amide bonds. The van der Waals surface area contributed by atoms with Crippen molar-refractivity contribution in [3.63, 3.8) is 0 Å². The zero-order valence-electron chi connectivity index (χ0n) is 12.7. The standard InChI is InChI=1S/C16H25N3O/c1-12(17)16(20)14-5-4-6-15(9-14)19-8-7-13(11-19)10-18(2)3/h4-6,9,12-13H,7-8,10-11,17H2,1-3H3. The largest absolute Gasteiger partial charge is 0.371 e. The summed E-state index contributed by atoms with van der Waals surface area (Å²) >= 11 is 0. The van der Waals surface area contributed by atoms with Crippen LogP contribution in [0.3, 0.4) is 0 Å². The van der Waals surface area contributed by atoms with Crippen molar-refractivity contribution in [3.8, 4) is 0 Å². The highest BCUT2D eigenvalue weighted by Crippen LogP contribution is 2.25. The average molecular weight is 275 g/mol. The lowest BCUT2D eigenvalue weighted by atomic mass is 10.1. The second-order valence-corrected chi connectivity index (χ2v) is 6.07. The molecule has 1 aromatic rings. The first-order valence-electron chi connectivity index (χ1n) is 7.27. The molecule has 0 spiro atoms. The predicted molar refractivity (Wildman–Crippen MR) is 83.3 cm³/mol. The van der Waals surface area contributed by atoms with Crippen molar-refractivity contribution in [2.75, 3.05) is 38.6 Å². The van der Waals surface area contributed by atoms with E-state index < -0.39 is 6.04 Å². The van der Waals surface area contributed by atoms with Crippen molar-refractivity contribution >= 4 is 11.5 Å². The summed E-state index contributed by atoms with van der Waals surface area (Å²) in [5, 5.41) is 0. The normalized spacial score (nSPS) is 20.4. The molecule has 4 nitrogen and oxygen atoms in total. The third-order valence-electron chi connectivity index (χ3n) is 3.82. The Morgan fingerprint density at radius 2 is 2.25 bits per heavy atom. The highest BCUT2D eigenvalue weighted by atomic mass is 16.1. The summed E-state index contributed by atoms with van der Waals surface area (Å²) in [5.41, 5.74) is 7.53. The van der Waals surface area contributed by atoms with Gasteiger partial charge in [0.05, 0.1) is 6.04 Å².